The summed E-state index contributed by atoms with van der Waals surface area (Å²) in [4.78, 5) is 11.1. The van der Waals surface area contributed by atoms with Gasteiger partial charge in [-0.3, -0.25) is 4.90 Å². The molecule has 0 aromatic carbocycles. The molecular formula is C21H26ClFN6O. The van der Waals surface area contributed by atoms with Crippen LogP contribution in [-0.2, 0) is 4.74 Å². The Bertz CT molecular complexity index is 897. The van der Waals surface area contributed by atoms with Gasteiger partial charge in [-0.1, -0.05) is 11.6 Å². The van der Waals surface area contributed by atoms with Crippen LogP contribution in [0.3, 0.4) is 0 Å². The third-order valence-electron chi connectivity index (χ3n) is 6.01. The second-order valence-corrected chi connectivity index (χ2v) is 8.66. The Labute approximate surface area is 180 Å². The van der Waals surface area contributed by atoms with Crippen LogP contribution in [0.5, 0.6) is 0 Å². The number of hydrogen-bond donors (Lipinski definition) is 3. The molecule has 0 amide bonds. The minimum absolute atomic E-state index is 0.0720. The summed E-state index contributed by atoms with van der Waals surface area (Å²) in [6.45, 7) is 3.74. The average molecular weight is 433 g/mol. The lowest BCUT2D eigenvalue weighted by Crippen LogP contribution is -2.45. The number of fused-ring (bicyclic) bond motifs is 1. The number of dihydropyridines is 1. The highest BCUT2D eigenvalue weighted by molar-refractivity contribution is 6.31. The zero-order valence-electron chi connectivity index (χ0n) is 16.7. The first kappa shape index (κ1) is 19.8. The van der Waals surface area contributed by atoms with Gasteiger partial charge in [-0.05, 0) is 38.3 Å². The van der Waals surface area contributed by atoms with Crippen molar-refractivity contribution in [3.8, 4) is 0 Å². The first-order chi connectivity index (χ1) is 14.7. The van der Waals surface area contributed by atoms with Crippen molar-refractivity contribution in [3.63, 3.8) is 0 Å². The second kappa shape index (κ2) is 8.53. The molecule has 4 aliphatic rings. The number of piperidine rings is 1. The fraction of sp³-hybridized carbons (Fsp3) is 0.524. The third kappa shape index (κ3) is 4.17. The first-order valence-electron chi connectivity index (χ1n) is 10.6. The molecule has 30 heavy (non-hydrogen) atoms. The lowest BCUT2D eigenvalue weighted by atomic mass is 10.0. The molecule has 5 rings (SSSR count). The summed E-state index contributed by atoms with van der Waals surface area (Å²) in [7, 11) is 0. The van der Waals surface area contributed by atoms with Crippen LogP contribution in [0.1, 0.15) is 31.5 Å². The molecule has 9 heteroatoms. The summed E-state index contributed by atoms with van der Waals surface area (Å²) in [5.74, 6) is 0.284. The van der Waals surface area contributed by atoms with E-state index in [1.54, 1.807) is 6.20 Å². The number of ether oxygens (including phenoxy) is 1. The van der Waals surface area contributed by atoms with E-state index in [1.165, 1.54) is 6.20 Å². The molecule has 3 N–H and O–H groups in total. The predicted octanol–water partition coefficient (Wildman–Crippen LogP) is 2.55. The molecule has 7 nitrogen and oxygen atoms in total. The molecule has 3 atom stereocenters. The molecule has 2 saturated heterocycles. The van der Waals surface area contributed by atoms with Crippen molar-refractivity contribution in [1.82, 2.24) is 25.5 Å². The van der Waals surface area contributed by atoms with Gasteiger partial charge in [0, 0.05) is 49.3 Å². The highest BCUT2D eigenvalue weighted by Gasteiger charge is 2.29. The summed E-state index contributed by atoms with van der Waals surface area (Å²) in [5.41, 5.74) is 1.76. The molecule has 1 aromatic rings. The topological polar surface area (TPSA) is 74.3 Å². The normalized spacial score (nSPS) is 28.7. The maximum Gasteiger partial charge on any atom is 0.183 e. The number of hydrogen-bond acceptors (Lipinski definition) is 7. The molecule has 160 valence electrons. The summed E-state index contributed by atoms with van der Waals surface area (Å²) >= 11 is 6.14. The summed E-state index contributed by atoms with van der Waals surface area (Å²) in [6.07, 6.45) is 11.3. The number of nitrogens with one attached hydrogen (secondary N) is 3. The zero-order chi connectivity index (χ0) is 20.5. The van der Waals surface area contributed by atoms with Gasteiger partial charge in [0.2, 0.25) is 0 Å². The fourth-order valence-electron chi connectivity index (χ4n) is 4.55. The Balaban J connectivity index is 1.29. The third-order valence-corrected chi connectivity index (χ3v) is 6.23. The minimum atomic E-state index is -0.438. The van der Waals surface area contributed by atoms with Gasteiger partial charge in [0.15, 0.2) is 17.5 Å². The van der Waals surface area contributed by atoms with Crippen molar-refractivity contribution in [1.29, 1.82) is 0 Å². The van der Waals surface area contributed by atoms with Crippen molar-refractivity contribution in [2.24, 2.45) is 0 Å². The zero-order valence-corrected chi connectivity index (χ0v) is 17.5. The van der Waals surface area contributed by atoms with E-state index >= 15 is 0 Å². The van der Waals surface area contributed by atoms with E-state index < -0.39 is 5.82 Å². The molecule has 1 unspecified atom stereocenters. The van der Waals surface area contributed by atoms with Gasteiger partial charge < -0.3 is 20.7 Å². The second-order valence-electron chi connectivity index (χ2n) is 8.22. The van der Waals surface area contributed by atoms with Crippen LogP contribution in [0.25, 0.3) is 5.57 Å². The van der Waals surface area contributed by atoms with Gasteiger partial charge in [0.25, 0.3) is 0 Å². The molecule has 0 bridgehead atoms. The van der Waals surface area contributed by atoms with Crippen molar-refractivity contribution in [2.45, 2.75) is 44.0 Å². The van der Waals surface area contributed by atoms with Crippen molar-refractivity contribution >= 4 is 23.0 Å². The van der Waals surface area contributed by atoms with Crippen LogP contribution in [0.2, 0.25) is 0 Å². The Morgan fingerprint density at radius 1 is 1.27 bits per heavy atom. The number of allylic oxidation sites excluding steroid dienone is 2. The Morgan fingerprint density at radius 2 is 2.17 bits per heavy atom. The lowest BCUT2D eigenvalue weighted by Gasteiger charge is -2.34. The quantitative estimate of drug-likeness (QED) is 0.660. The molecule has 0 saturated carbocycles. The smallest absolute Gasteiger partial charge is 0.183 e. The largest absolute Gasteiger partial charge is 0.377 e. The standard InChI is InChI=1S/C21H26ClFN6O/c22-13-7-16-17(9-25-19(16)24-8-13)20-26-10-18(23)21(28-20)27-14-3-1-5-29(11-14)12-15-4-2-6-30-15/h7-10,14-15,19,24-25H,1-6,11-12H2,(H,26,27,28)/t14-,15-,19?/m0/s1. The van der Waals surface area contributed by atoms with Crippen LogP contribution in [0.4, 0.5) is 10.2 Å². The van der Waals surface area contributed by atoms with Gasteiger partial charge in [-0.25, -0.2) is 14.4 Å². The molecule has 0 radical (unpaired) electrons. The maximum atomic E-state index is 14.5. The van der Waals surface area contributed by atoms with Gasteiger partial charge in [0.1, 0.15) is 6.17 Å². The predicted molar refractivity (Wildman–Crippen MR) is 114 cm³/mol. The number of aromatic nitrogens is 2. The van der Waals surface area contributed by atoms with Crippen LogP contribution < -0.4 is 16.0 Å². The minimum Gasteiger partial charge on any atom is -0.377 e. The fourth-order valence-corrected chi connectivity index (χ4v) is 4.73. The SMILES string of the molecule is Fc1cnc(C2=CNC3NC=C(Cl)C=C23)nc1N[C@H]1CCCN(C[C@@H]2CCCO2)C1. The molecule has 4 aliphatic heterocycles. The average Bonchev–Trinajstić information content (AvgIpc) is 3.39. The molecule has 0 aliphatic carbocycles. The molecule has 2 fully saturated rings. The van der Waals surface area contributed by atoms with Crippen LogP contribution in [0.15, 0.2) is 35.3 Å². The summed E-state index contributed by atoms with van der Waals surface area (Å²) in [6, 6.07) is 0.147. The van der Waals surface area contributed by atoms with Gasteiger partial charge in [-0.2, -0.15) is 0 Å². The van der Waals surface area contributed by atoms with E-state index in [1.807, 2.05) is 12.3 Å². The van der Waals surface area contributed by atoms with Crippen molar-refractivity contribution < 1.29 is 9.13 Å². The van der Waals surface area contributed by atoms with Gasteiger partial charge in [-0.15, -0.1) is 0 Å². The number of anilines is 1. The van der Waals surface area contributed by atoms with E-state index in [4.69, 9.17) is 16.3 Å². The van der Waals surface area contributed by atoms with Crippen LogP contribution in [-0.4, -0.2) is 59.4 Å². The lowest BCUT2D eigenvalue weighted by molar-refractivity contribution is 0.0648. The van der Waals surface area contributed by atoms with E-state index in [9.17, 15) is 4.39 Å². The van der Waals surface area contributed by atoms with Gasteiger partial charge in [0.05, 0.1) is 17.3 Å². The van der Waals surface area contributed by atoms with Gasteiger partial charge >= 0.3 is 0 Å². The highest BCUT2D eigenvalue weighted by Crippen LogP contribution is 2.31. The molecule has 5 heterocycles. The van der Waals surface area contributed by atoms with E-state index in [0.29, 0.717) is 17.0 Å². The number of halogens is 2. The molecule has 1 aromatic heterocycles. The van der Waals surface area contributed by atoms with Crippen LogP contribution in [0, 0.1) is 5.82 Å². The Hall–Kier alpha value is -2.16. The maximum absolute atomic E-state index is 14.5. The Morgan fingerprint density at radius 3 is 3.03 bits per heavy atom. The first-order valence-corrected chi connectivity index (χ1v) is 11.0. The number of rotatable bonds is 5. The monoisotopic (exact) mass is 432 g/mol. The van der Waals surface area contributed by atoms with E-state index in [0.717, 1.165) is 63.1 Å². The Kier molecular flexibility index (Phi) is 5.62. The summed E-state index contributed by atoms with van der Waals surface area (Å²) in [5, 5.41) is 10.3. The molecule has 0 spiro atoms. The molecular weight excluding hydrogens is 407 g/mol. The number of likely N-dealkylation sites (tertiary alicyclic amines) is 1. The highest BCUT2D eigenvalue weighted by atomic mass is 35.5. The van der Waals surface area contributed by atoms with E-state index in [-0.39, 0.29) is 18.0 Å². The number of nitrogens with zero attached hydrogens (tertiary/aromatic N) is 3. The summed E-state index contributed by atoms with van der Waals surface area (Å²) < 4.78 is 20.3. The van der Waals surface area contributed by atoms with E-state index in [2.05, 4.69) is 30.8 Å². The van der Waals surface area contributed by atoms with Crippen molar-refractivity contribution in [3.05, 3.63) is 46.9 Å². The van der Waals surface area contributed by atoms with Crippen molar-refractivity contribution in [2.75, 3.05) is 31.6 Å². The van der Waals surface area contributed by atoms with Crippen LogP contribution >= 0.6 is 11.6 Å².